The Balaban J connectivity index is 1.64. The normalized spacial score (nSPS) is 24.8. The first-order valence-electron chi connectivity index (χ1n) is 7.85. The van der Waals surface area contributed by atoms with Gasteiger partial charge in [0.25, 0.3) is 0 Å². The zero-order valence-corrected chi connectivity index (χ0v) is 13.2. The Morgan fingerprint density at radius 1 is 1.24 bits per heavy atom. The molecule has 1 aromatic heterocycles. The number of hydrogen-bond donors (Lipinski definition) is 1. The lowest BCUT2D eigenvalue weighted by molar-refractivity contribution is 0.442. The van der Waals surface area contributed by atoms with Crippen molar-refractivity contribution in [3.05, 3.63) is 41.1 Å². The highest BCUT2D eigenvalue weighted by Crippen LogP contribution is 2.40. The molecule has 0 bridgehead atoms. The summed E-state index contributed by atoms with van der Waals surface area (Å²) in [7, 11) is 0. The number of hydrogen-bond acceptors (Lipinski definition) is 1. The second-order valence-corrected chi connectivity index (χ2v) is 7.10. The third-order valence-electron chi connectivity index (χ3n) is 5.25. The SMILES string of the molecule is C=C(c1cc2c(Cl)cc(C)cc2[nH]1)N1CC2CCCC2C1. The Morgan fingerprint density at radius 3 is 2.67 bits per heavy atom. The summed E-state index contributed by atoms with van der Waals surface area (Å²) in [6, 6.07) is 6.31. The van der Waals surface area contributed by atoms with Gasteiger partial charge in [0.2, 0.25) is 0 Å². The minimum Gasteiger partial charge on any atom is -0.370 e. The van der Waals surface area contributed by atoms with Crippen LogP contribution < -0.4 is 0 Å². The van der Waals surface area contributed by atoms with Crippen molar-refractivity contribution in [2.75, 3.05) is 13.1 Å². The maximum absolute atomic E-state index is 6.35. The van der Waals surface area contributed by atoms with Crippen LogP contribution >= 0.6 is 11.6 Å². The molecule has 2 atom stereocenters. The van der Waals surface area contributed by atoms with Crippen molar-refractivity contribution in [3.8, 4) is 0 Å². The largest absolute Gasteiger partial charge is 0.370 e. The van der Waals surface area contributed by atoms with Gasteiger partial charge in [0, 0.05) is 24.0 Å². The molecular weight excluding hydrogens is 280 g/mol. The molecule has 0 radical (unpaired) electrons. The van der Waals surface area contributed by atoms with Crippen molar-refractivity contribution < 1.29 is 0 Å². The van der Waals surface area contributed by atoms with Crippen LogP contribution in [-0.2, 0) is 0 Å². The zero-order chi connectivity index (χ0) is 14.6. The molecule has 1 aromatic carbocycles. The molecule has 4 rings (SSSR count). The van der Waals surface area contributed by atoms with Crippen LogP contribution in [0.5, 0.6) is 0 Å². The van der Waals surface area contributed by atoms with Gasteiger partial charge in [-0.25, -0.2) is 0 Å². The van der Waals surface area contributed by atoms with Crippen molar-refractivity contribution in [2.45, 2.75) is 26.2 Å². The summed E-state index contributed by atoms with van der Waals surface area (Å²) in [5.74, 6) is 1.77. The summed E-state index contributed by atoms with van der Waals surface area (Å²) in [5, 5.41) is 1.91. The summed E-state index contributed by atoms with van der Waals surface area (Å²) in [4.78, 5) is 5.95. The van der Waals surface area contributed by atoms with Crippen molar-refractivity contribution in [2.24, 2.45) is 11.8 Å². The lowest BCUT2D eigenvalue weighted by atomic mass is 10.0. The molecule has 21 heavy (non-hydrogen) atoms. The molecule has 2 aromatic rings. The maximum Gasteiger partial charge on any atom is 0.0623 e. The molecule has 3 heteroatoms. The van der Waals surface area contributed by atoms with Gasteiger partial charge >= 0.3 is 0 Å². The first-order chi connectivity index (χ1) is 10.1. The average molecular weight is 301 g/mol. The number of nitrogens with one attached hydrogen (secondary N) is 1. The minimum atomic E-state index is 0.818. The van der Waals surface area contributed by atoms with Gasteiger partial charge in [-0.05, 0) is 55.4 Å². The van der Waals surface area contributed by atoms with E-state index in [0.29, 0.717) is 0 Å². The molecule has 1 aliphatic heterocycles. The fourth-order valence-corrected chi connectivity index (χ4v) is 4.44. The summed E-state index contributed by atoms with van der Waals surface area (Å²) in [6.07, 6.45) is 4.20. The fraction of sp³-hybridized carbons (Fsp3) is 0.444. The van der Waals surface area contributed by atoms with Crippen molar-refractivity contribution >= 4 is 28.2 Å². The molecule has 1 saturated heterocycles. The second kappa shape index (κ2) is 4.81. The summed E-state index contributed by atoms with van der Waals surface area (Å²) < 4.78 is 0. The van der Waals surface area contributed by atoms with Crippen molar-refractivity contribution in [1.29, 1.82) is 0 Å². The van der Waals surface area contributed by atoms with E-state index in [-0.39, 0.29) is 0 Å². The topological polar surface area (TPSA) is 19.0 Å². The molecule has 2 heterocycles. The van der Waals surface area contributed by atoms with E-state index in [0.717, 1.165) is 39.2 Å². The average Bonchev–Trinajstić information content (AvgIpc) is 3.09. The van der Waals surface area contributed by atoms with Crippen LogP contribution in [0, 0.1) is 18.8 Å². The lowest BCUT2D eigenvalue weighted by Crippen LogP contribution is -2.19. The first-order valence-corrected chi connectivity index (χ1v) is 8.22. The number of aromatic nitrogens is 1. The molecule has 1 saturated carbocycles. The minimum absolute atomic E-state index is 0.818. The summed E-state index contributed by atoms with van der Waals surface area (Å²) in [6.45, 7) is 8.75. The smallest absolute Gasteiger partial charge is 0.0623 e. The van der Waals surface area contributed by atoms with Gasteiger partial charge in [-0.1, -0.05) is 24.6 Å². The van der Waals surface area contributed by atoms with Gasteiger partial charge in [0.05, 0.1) is 16.4 Å². The van der Waals surface area contributed by atoms with E-state index >= 15 is 0 Å². The fourth-order valence-electron chi connectivity index (χ4n) is 4.11. The Labute approximate surface area is 130 Å². The number of benzene rings is 1. The van der Waals surface area contributed by atoms with E-state index in [1.54, 1.807) is 0 Å². The van der Waals surface area contributed by atoms with Crippen LogP contribution in [0.1, 0.15) is 30.5 Å². The van der Waals surface area contributed by atoms with E-state index in [4.69, 9.17) is 11.6 Å². The van der Waals surface area contributed by atoms with E-state index < -0.39 is 0 Å². The molecule has 0 spiro atoms. The number of likely N-dealkylation sites (tertiary alicyclic amines) is 1. The predicted octanol–water partition coefficient (Wildman–Crippen LogP) is 4.83. The van der Waals surface area contributed by atoms with Gasteiger partial charge in [-0.15, -0.1) is 0 Å². The van der Waals surface area contributed by atoms with Gasteiger partial charge in [-0.2, -0.15) is 0 Å². The number of fused-ring (bicyclic) bond motifs is 2. The van der Waals surface area contributed by atoms with Gasteiger partial charge in [0.1, 0.15) is 0 Å². The number of H-pyrrole nitrogens is 1. The molecule has 2 aliphatic rings. The van der Waals surface area contributed by atoms with Crippen molar-refractivity contribution in [1.82, 2.24) is 9.88 Å². The van der Waals surface area contributed by atoms with Crippen LogP contribution in [0.15, 0.2) is 24.8 Å². The molecule has 1 N–H and O–H groups in total. The van der Waals surface area contributed by atoms with E-state index in [9.17, 15) is 0 Å². The highest BCUT2D eigenvalue weighted by atomic mass is 35.5. The molecule has 0 amide bonds. The first kappa shape index (κ1) is 13.3. The van der Waals surface area contributed by atoms with Crippen LogP contribution in [0.2, 0.25) is 5.02 Å². The predicted molar refractivity (Wildman–Crippen MR) is 89.5 cm³/mol. The summed E-state index contributed by atoms with van der Waals surface area (Å²) in [5.41, 5.74) is 4.52. The van der Waals surface area contributed by atoms with E-state index in [1.165, 1.54) is 37.9 Å². The Morgan fingerprint density at radius 2 is 1.95 bits per heavy atom. The monoisotopic (exact) mass is 300 g/mol. The molecule has 110 valence electrons. The number of aromatic amines is 1. The molecular formula is C18H21ClN2. The Bertz CT molecular complexity index is 703. The number of halogens is 1. The zero-order valence-electron chi connectivity index (χ0n) is 12.5. The highest BCUT2D eigenvalue weighted by molar-refractivity contribution is 6.35. The van der Waals surface area contributed by atoms with E-state index in [2.05, 4.69) is 35.5 Å². The maximum atomic E-state index is 6.35. The molecule has 2 unspecified atom stereocenters. The standard InChI is InChI=1S/C18H21ClN2/c1-11-6-16(19)15-8-17(20-18(15)7-11)12(2)21-9-13-4-3-5-14(13)10-21/h6-8,13-14,20H,2-5,9-10H2,1H3. The van der Waals surface area contributed by atoms with Crippen molar-refractivity contribution in [3.63, 3.8) is 0 Å². The molecule has 1 aliphatic carbocycles. The van der Waals surface area contributed by atoms with Gasteiger partial charge in [0.15, 0.2) is 0 Å². The van der Waals surface area contributed by atoms with Crippen LogP contribution in [0.3, 0.4) is 0 Å². The van der Waals surface area contributed by atoms with Gasteiger partial charge in [-0.3, -0.25) is 0 Å². The molecule has 2 fully saturated rings. The van der Waals surface area contributed by atoms with E-state index in [1.807, 2.05) is 6.07 Å². The number of rotatable bonds is 2. The summed E-state index contributed by atoms with van der Waals surface area (Å²) >= 11 is 6.35. The van der Waals surface area contributed by atoms with Gasteiger partial charge < -0.3 is 9.88 Å². The number of nitrogens with zero attached hydrogens (tertiary/aromatic N) is 1. The van der Waals surface area contributed by atoms with Crippen LogP contribution in [0.4, 0.5) is 0 Å². The third kappa shape index (κ3) is 2.17. The van der Waals surface area contributed by atoms with Crippen LogP contribution in [0.25, 0.3) is 16.6 Å². The Kier molecular flexibility index (Phi) is 3.04. The quantitative estimate of drug-likeness (QED) is 0.841. The third-order valence-corrected chi connectivity index (χ3v) is 5.56. The lowest BCUT2D eigenvalue weighted by Gasteiger charge is -2.21. The Hall–Kier alpha value is -1.41. The number of aryl methyl sites for hydroxylation is 1. The van der Waals surface area contributed by atoms with Crippen LogP contribution in [-0.4, -0.2) is 23.0 Å². The highest BCUT2D eigenvalue weighted by Gasteiger charge is 2.36. The molecule has 2 nitrogen and oxygen atoms in total. The second-order valence-electron chi connectivity index (χ2n) is 6.69.